The molecule has 0 aliphatic rings. The summed E-state index contributed by atoms with van der Waals surface area (Å²) in [5.41, 5.74) is 0.854. The highest BCUT2D eigenvalue weighted by atomic mass is 16.5. The Balaban J connectivity index is 2.14. The molecule has 1 N–H and O–H groups in total. The molecule has 0 aliphatic carbocycles. The van der Waals surface area contributed by atoms with E-state index >= 15 is 0 Å². The van der Waals surface area contributed by atoms with Crippen LogP contribution in [-0.2, 0) is 18.5 Å². The lowest BCUT2D eigenvalue weighted by molar-refractivity contribution is 0.318. The minimum absolute atomic E-state index is 0.179. The number of guanidine groups is 1. The summed E-state index contributed by atoms with van der Waals surface area (Å²) in [5, 5.41) is 7.33. The molecule has 0 saturated carbocycles. The average molecular weight is 390 g/mol. The topological polar surface area (TPSA) is 85.0 Å². The number of rotatable bonds is 7. The van der Waals surface area contributed by atoms with Crippen LogP contribution >= 0.6 is 0 Å². The summed E-state index contributed by atoms with van der Waals surface area (Å²) in [7, 11) is 5.27. The van der Waals surface area contributed by atoms with Gasteiger partial charge in [-0.3, -0.25) is 0 Å². The van der Waals surface area contributed by atoms with E-state index in [0.717, 1.165) is 29.6 Å². The third kappa shape index (κ3) is 5.61. The molecule has 1 heterocycles. The van der Waals surface area contributed by atoms with Gasteiger partial charge < -0.3 is 24.2 Å². The van der Waals surface area contributed by atoms with Crippen molar-refractivity contribution in [2.24, 2.45) is 4.99 Å². The lowest BCUT2D eigenvalue weighted by Gasteiger charge is -2.23. The van der Waals surface area contributed by atoms with Crippen LogP contribution in [-0.4, -0.2) is 48.8 Å². The van der Waals surface area contributed by atoms with E-state index in [0.29, 0.717) is 24.8 Å². The molecule has 1 aromatic carbocycles. The number of aliphatic imine (C=N–C) groups is 1. The molecule has 28 heavy (non-hydrogen) atoms. The van der Waals surface area contributed by atoms with Crippen LogP contribution in [0.2, 0.25) is 0 Å². The number of nitrogens with zero attached hydrogens (tertiary/aromatic N) is 4. The maximum absolute atomic E-state index is 5.49. The Labute approximate surface area is 166 Å². The second-order valence-electron chi connectivity index (χ2n) is 7.47. The van der Waals surface area contributed by atoms with Gasteiger partial charge in [-0.25, -0.2) is 4.99 Å². The van der Waals surface area contributed by atoms with E-state index in [1.807, 2.05) is 57.8 Å². The average Bonchev–Trinajstić information content (AvgIpc) is 3.14. The fraction of sp³-hybridized carbons (Fsp3) is 0.550. The Morgan fingerprint density at radius 2 is 2.00 bits per heavy atom. The van der Waals surface area contributed by atoms with Crippen molar-refractivity contribution < 1.29 is 14.0 Å². The van der Waals surface area contributed by atoms with Gasteiger partial charge in [-0.2, -0.15) is 4.98 Å². The first-order chi connectivity index (χ1) is 13.3. The van der Waals surface area contributed by atoms with E-state index in [-0.39, 0.29) is 5.41 Å². The zero-order valence-corrected chi connectivity index (χ0v) is 17.9. The molecule has 0 radical (unpaired) electrons. The zero-order chi connectivity index (χ0) is 20.7. The summed E-state index contributed by atoms with van der Waals surface area (Å²) < 4.78 is 16.1. The monoisotopic (exact) mass is 389 g/mol. The molecule has 2 aromatic rings. The van der Waals surface area contributed by atoms with Crippen LogP contribution in [0, 0.1) is 0 Å². The predicted octanol–water partition coefficient (Wildman–Crippen LogP) is 2.98. The quantitative estimate of drug-likeness (QED) is 0.575. The van der Waals surface area contributed by atoms with E-state index in [4.69, 9.17) is 14.0 Å². The third-order valence-corrected chi connectivity index (χ3v) is 4.08. The van der Waals surface area contributed by atoms with Gasteiger partial charge in [0.15, 0.2) is 11.8 Å². The van der Waals surface area contributed by atoms with Crippen molar-refractivity contribution in [2.75, 3.05) is 27.8 Å². The van der Waals surface area contributed by atoms with Crippen LogP contribution in [0.25, 0.3) is 0 Å². The van der Waals surface area contributed by atoms with E-state index in [9.17, 15) is 0 Å². The summed E-state index contributed by atoms with van der Waals surface area (Å²) in [4.78, 5) is 11.1. The van der Waals surface area contributed by atoms with Gasteiger partial charge in [0.1, 0.15) is 18.0 Å². The van der Waals surface area contributed by atoms with Crippen molar-refractivity contribution in [3.63, 3.8) is 0 Å². The van der Waals surface area contributed by atoms with Crippen LogP contribution in [0.4, 0.5) is 0 Å². The van der Waals surface area contributed by atoms with Crippen molar-refractivity contribution in [1.29, 1.82) is 0 Å². The molecular formula is C20H31N5O3. The first kappa shape index (κ1) is 21.5. The van der Waals surface area contributed by atoms with Crippen LogP contribution in [0.15, 0.2) is 27.7 Å². The molecular weight excluding hydrogens is 358 g/mol. The van der Waals surface area contributed by atoms with Gasteiger partial charge in [0.2, 0.25) is 5.89 Å². The standard InChI is InChI=1S/C20H31N5O3/c1-8-21-19(22-12-17-23-18(28-24-17)20(2,3)4)25(5)13-14-9-10-15(26-6)11-16(14)27-7/h9-11H,8,12-13H2,1-7H3,(H,21,22). The number of nitrogens with one attached hydrogen (secondary N) is 1. The highest BCUT2D eigenvalue weighted by Gasteiger charge is 2.21. The second kappa shape index (κ2) is 9.43. The van der Waals surface area contributed by atoms with Gasteiger partial charge in [0.05, 0.1) is 14.2 Å². The Morgan fingerprint density at radius 1 is 1.25 bits per heavy atom. The zero-order valence-electron chi connectivity index (χ0n) is 17.9. The van der Waals surface area contributed by atoms with Crippen molar-refractivity contribution in [2.45, 2.75) is 46.2 Å². The van der Waals surface area contributed by atoms with E-state index < -0.39 is 0 Å². The summed E-state index contributed by atoms with van der Waals surface area (Å²) in [6.45, 7) is 9.85. The number of methoxy groups -OCH3 is 2. The molecule has 154 valence electrons. The maximum Gasteiger partial charge on any atom is 0.232 e. The SMILES string of the molecule is CCNC(=NCc1noc(C(C)(C)C)n1)N(C)Cc1ccc(OC)cc1OC. The summed E-state index contributed by atoms with van der Waals surface area (Å²) in [6, 6.07) is 5.79. The Bertz CT molecular complexity index is 795. The smallest absolute Gasteiger partial charge is 0.232 e. The molecule has 0 atom stereocenters. The molecule has 8 heteroatoms. The van der Waals surface area contributed by atoms with Crippen LogP contribution in [0.1, 0.15) is 45.0 Å². The maximum atomic E-state index is 5.49. The molecule has 0 unspecified atom stereocenters. The summed E-state index contributed by atoms with van der Waals surface area (Å²) in [6.07, 6.45) is 0. The van der Waals surface area contributed by atoms with E-state index in [2.05, 4.69) is 20.4 Å². The minimum Gasteiger partial charge on any atom is -0.497 e. The highest BCUT2D eigenvalue weighted by molar-refractivity contribution is 5.79. The number of aromatic nitrogens is 2. The normalized spacial score (nSPS) is 12.0. The van der Waals surface area contributed by atoms with Crippen molar-refractivity contribution in [1.82, 2.24) is 20.4 Å². The predicted molar refractivity (Wildman–Crippen MR) is 109 cm³/mol. The van der Waals surface area contributed by atoms with E-state index in [1.165, 1.54) is 0 Å². The van der Waals surface area contributed by atoms with Crippen molar-refractivity contribution in [3.8, 4) is 11.5 Å². The van der Waals surface area contributed by atoms with Gasteiger partial charge in [0, 0.05) is 37.2 Å². The van der Waals surface area contributed by atoms with E-state index in [1.54, 1.807) is 14.2 Å². The molecule has 1 aromatic heterocycles. The first-order valence-corrected chi connectivity index (χ1v) is 9.31. The fourth-order valence-electron chi connectivity index (χ4n) is 2.55. The molecule has 0 saturated heterocycles. The van der Waals surface area contributed by atoms with Gasteiger partial charge in [-0.1, -0.05) is 25.9 Å². The molecule has 0 spiro atoms. The third-order valence-electron chi connectivity index (χ3n) is 4.08. The fourth-order valence-corrected chi connectivity index (χ4v) is 2.55. The largest absolute Gasteiger partial charge is 0.497 e. The number of hydrogen-bond acceptors (Lipinski definition) is 6. The van der Waals surface area contributed by atoms with Gasteiger partial charge >= 0.3 is 0 Å². The Kier molecular flexibility index (Phi) is 7.25. The molecule has 0 bridgehead atoms. The Hall–Kier alpha value is -2.77. The lowest BCUT2D eigenvalue weighted by atomic mass is 9.97. The molecule has 2 rings (SSSR count). The number of ether oxygens (including phenoxy) is 2. The molecule has 0 aliphatic heterocycles. The van der Waals surface area contributed by atoms with Gasteiger partial charge in [-0.05, 0) is 19.1 Å². The molecule has 0 fully saturated rings. The number of benzene rings is 1. The van der Waals surface area contributed by atoms with Crippen LogP contribution in [0.3, 0.4) is 0 Å². The lowest BCUT2D eigenvalue weighted by Crippen LogP contribution is -2.38. The summed E-state index contributed by atoms with van der Waals surface area (Å²) >= 11 is 0. The van der Waals surface area contributed by atoms with Crippen LogP contribution in [0.5, 0.6) is 11.5 Å². The van der Waals surface area contributed by atoms with Crippen molar-refractivity contribution in [3.05, 3.63) is 35.5 Å². The van der Waals surface area contributed by atoms with Gasteiger partial charge in [-0.15, -0.1) is 0 Å². The van der Waals surface area contributed by atoms with Crippen molar-refractivity contribution >= 4 is 5.96 Å². The second-order valence-corrected chi connectivity index (χ2v) is 7.47. The molecule has 0 amide bonds. The first-order valence-electron chi connectivity index (χ1n) is 9.31. The highest BCUT2D eigenvalue weighted by Crippen LogP contribution is 2.25. The molecule has 8 nitrogen and oxygen atoms in total. The van der Waals surface area contributed by atoms with Crippen LogP contribution < -0.4 is 14.8 Å². The Morgan fingerprint density at radius 3 is 2.57 bits per heavy atom. The van der Waals surface area contributed by atoms with Gasteiger partial charge in [0.25, 0.3) is 0 Å². The summed E-state index contributed by atoms with van der Waals surface area (Å²) in [5.74, 6) is 3.46. The number of hydrogen-bond donors (Lipinski definition) is 1. The minimum atomic E-state index is -0.179.